The van der Waals surface area contributed by atoms with Crippen LogP contribution in [0, 0.1) is 6.92 Å². The molecule has 146 valence electrons. The van der Waals surface area contributed by atoms with Crippen molar-refractivity contribution in [1.82, 2.24) is 24.9 Å². The molecule has 4 heterocycles. The van der Waals surface area contributed by atoms with Crippen molar-refractivity contribution >= 4 is 5.95 Å². The van der Waals surface area contributed by atoms with Crippen molar-refractivity contribution in [3.05, 3.63) is 24.0 Å². The first kappa shape index (κ1) is 18.4. The van der Waals surface area contributed by atoms with E-state index in [-0.39, 0.29) is 0 Å². The highest BCUT2D eigenvalue weighted by molar-refractivity contribution is 5.53. The third kappa shape index (κ3) is 4.14. The molecule has 0 spiro atoms. The van der Waals surface area contributed by atoms with Gasteiger partial charge >= 0.3 is 0 Å². The van der Waals surface area contributed by atoms with E-state index in [0.29, 0.717) is 23.9 Å². The smallest absolute Gasteiger partial charge is 0.266 e. The van der Waals surface area contributed by atoms with Crippen molar-refractivity contribution in [2.75, 3.05) is 44.2 Å². The second-order valence-electron chi connectivity index (χ2n) is 7.97. The fourth-order valence-corrected chi connectivity index (χ4v) is 4.11. The molecule has 0 amide bonds. The fraction of sp³-hybridized carbons (Fsp3) is 0.650. The van der Waals surface area contributed by atoms with Gasteiger partial charge in [-0.1, -0.05) is 0 Å². The maximum Gasteiger partial charge on any atom is 0.266 e. The zero-order chi connectivity index (χ0) is 18.8. The first-order valence-corrected chi connectivity index (χ1v) is 10.1. The van der Waals surface area contributed by atoms with Crippen LogP contribution in [0.4, 0.5) is 5.95 Å². The zero-order valence-corrected chi connectivity index (χ0v) is 16.6. The van der Waals surface area contributed by atoms with Gasteiger partial charge in [0.2, 0.25) is 0 Å². The molecule has 2 aliphatic heterocycles. The number of hydrogen-bond acceptors (Lipinski definition) is 7. The van der Waals surface area contributed by atoms with Crippen LogP contribution in [0.15, 0.2) is 22.9 Å². The molecular weight excluding hydrogens is 340 g/mol. The summed E-state index contributed by atoms with van der Waals surface area (Å²) in [5.41, 5.74) is 1.85. The van der Waals surface area contributed by atoms with E-state index in [1.54, 1.807) is 6.20 Å². The summed E-state index contributed by atoms with van der Waals surface area (Å²) >= 11 is 0. The van der Waals surface area contributed by atoms with Gasteiger partial charge in [-0.15, -0.1) is 0 Å². The molecule has 4 rings (SSSR count). The number of anilines is 1. The molecule has 2 aromatic rings. The van der Waals surface area contributed by atoms with Gasteiger partial charge in [-0.05, 0) is 50.9 Å². The van der Waals surface area contributed by atoms with Crippen LogP contribution in [-0.4, -0.2) is 76.3 Å². The number of piperazine rings is 1. The van der Waals surface area contributed by atoms with Crippen LogP contribution in [0.1, 0.15) is 32.4 Å². The van der Waals surface area contributed by atoms with Crippen molar-refractivity contribution < 1.29 is 4.52 Å². The summed E-state index contributed by atoms with van der Waals surface area (Å²) in [6, 6.07) is 5.28. The molecule has 2 fully saturated rings. The molecule has 0 radical (unpaired) electrons. The van der Waals surface area contributed by atoms with E-state index in [9.17, 15) is 0 Å². The van der Waals surface area contributed by atoms with Crippen molar-refractivity contribution in [3.8, 4) is 11.5 Å². The van der Waals surface area contributed by atoms with Crippen molar-refractivity contribution in [3.63, 3.8) is 0 Å². The molecule has 7 heteroatoms. The van der Waals surface area contributed by atoms with E-state index in [2.05, 4.69) is 43.7 Å². The average Bonchev–Trinajstić information content (AvgIpc) is 3.19. The number of nitrogens with zero attached hydrogens (tertiary/aromatic N) is 6. The van der Waals surface area contributed by atoms with E-state index < -0.39 is 0 Å². The summed E-state index contributed by atoms with van der Waals surface area (Å²) in [5, 5.41) is 4.20. The molecule has 0 saturated carbocycles. The van der Waals surface area contributed by atoms with Crippen molar-refractivity contribution in [2.24, 2.45) is 0 Å². The predicted octanol–water partition coefficient (Wildman–Crippen LogP) is 2.43. The molecule has 7 nitrogen and oxygen atoms in total. The van der Waals surface area contributed by atoms with E-state index in [4.69, 9.17) is 4.52 Å². The normalized spacial score (nSPS) is 20.5. The fourth-order valence-electron chi connectivity index (χ4n) is 4.11. The van der Waals surface area contributed by atoms with Crippen LogP contribution in [-0.2, 0) is 0 Å². The second-order valence-corrected chi connectivity index (χ2v) is 7.97. The first-order valence-electron chi connectivity index (χ1n) is 10.1. The Morgan fingerprint density at radius 2 is 1.78 bits per heavy atom. The SMILES string of the molecule is Cc1ccc(-c2nc(N3CCC(N4CCN(C(C)C)CC4)CC3)no2)cn1. The maximum absolute atomic E-state index is 5.46. The highest BCUT2D eigenvalue weighted by Gasteiger charge is 2.29. The lowest BCUT2D eigenvalue weighted by Crippen LogP contribution is -2.54. The lowest BCUT2D eigenvalue weighted by molar-refractivity contribution is 0.0691. The highest BCUT2D eigenvalue weighted by atomic mass is 16.5. The Morgan fingerprint density at radius 1 is 1.04 bits per heavy atom. The van der Waals surface area contributed by atoms with Gasteiger partial charge in [-0.25, -0.2) is 0 Å². The number of piperidine rings is 1. The topological polar surface area (TPSA) is 61.5 Å². The molecule has 2 saturated heterocycles. The monoisotopic (exact) mass is 370 g/mol. The molecule has 0 aromatic carbocycles. The minimum Gasteiger partial charge on any atom is -0.338 e. The Bertz CT molecular complexity index is 727. The van der Waals surface area contributed by atoms with E-state index in [1.165, 1.54) is 26.2 Å². The van der Waals surface area contributed by atoms with E-state index >= 15 is 0 Å². The van der Waals surface area contributed by atoms with Gasteiger partial charge < -0.3 is 9.42 Å². The Morgan fingerprint density at radius 3 is 2.41 bits per heavy atom. The summed E-state index contributed by atoms with van der Waals surface area (Å²) in [6.45, 7) is 13.3. The lowest BCUT2D eigenvalue weighted by Gasteiger charge is -2.43. The Kier molecular flexibility index (Phi) is 5.41. The predicted molar refractivity (Wildman–Crippen MR) is 106 cm³/mol. The van der Waals surface area contributed by atoms with Crippen LogP contribution < -0.4 is 4.90 Å². The van der Waals surface area contributed by atoms with Gasteiger partial charge in [0.25, 0.3) is 11.8 Å². The number of rotatable bonds is 4. The van der Waals surface area contributed by atoms with Crippen LogP contribution in [0.2, 0.25) is 0 Å². The van der Waals surface area contributed by atoms with Crippen LogP contribution >= 0.6 is 0 Å². The highest BCUT2D eigenvalue weighted by Crippen LogP contribution is 2.24. The number of aromatic nitrogens is 3. The third-order valence-corrected chi connectivity index (χ3v) is 5.92. The van der Waals surface area contributed by atoms with Crippen molar-refractivity contribution in [1.29, 1.82) is 0 Å². The number of hydrogen-bond donors (Lipinski definition) is 0. The zero-order valence-electron chi connectivity index (χ0n) is 16.6. The lowest BCUT2D eigenvalue weighted by atomic mass is 10.0. The van der Waals surface area contributed by atoms with E-state index in [0.717, 1.165) is 37.2 Å². The van der Waals surface area contributed by atoms with Gasteiger partial charge in [0.05, 0.1) is 5.56 Å². The summed E-state index contributed by atoms with van der Waals surface area (Å²) in [7, 11) is 0. The van der Waals surface area contributed by atoms with Gasteiger partial charge in [0.15, 0.2) is 0 Å². The summed E-state index contributed by atoms with van der Waals surface area (Å²) in [4.78, 5) is 16.4. The molecule has 27 heavy (non-hydrogen) atoms. The third-order valence-electron chi connectivity index (χ3n) is 5.92. The largest absolute Gasteiger partial charge is 0.338 e. The van der Waals surface area contributed by atoms with Gasteiger partial charge in [0.1, 0.15) is 0 Å². The average molecular weight is 371 g/mol. The standard InChI is InChI=1S/C20H30N6O/c1-15(2)24-10-12-25(13-11-24)18-6-8-26(9-7-18)20-22-19(27-23-20)17-5-4-16(3)21-14-17/h4-5,14-15,18H,6-13H2,1-3H3. The molecule has 0 bridgehead atoms. The number of pyridine rings is 1. The van der Waals surface area contributed by atoms with Crippen LogP contribution in [0.25, 0.3) is 11.5 Å². The Labute approximate surface area is 161 Å². The first-order chi connectivity index (χ1) is 13.1. The number of aryl methyl sites for hydroxylation is 1. The van der Waals surface area contributed by atoms with Crippen LogP contribution in [0.3, 0.4) is 0 Å². The molecule has 0 unspecified atom stereocenters. The second kappa shape index (κ2) is 7.94. The Hall–Kier alpha value is -1.99. The molecule has 0 N–H and O–H groups in total. The van der Waals surface area contributed by atoms with Crippen LogP contribution in [0.5, 0.6) is 0 Å². The minimum atomic E-state index is 0.546. The van der Waals surface area contributed by atoms with Gasteiger partial charge in [0, 0.05) is 63.2 Å². The van der Waals surface area contributed by atoms with E-state index in [1.807, 2.05) is 19.1 Å². The molecule has 0 aliphatic carbocycles. The minimum absolute atomic E-state index is 0.546. The molecule has 2 aromatic heterocycles. The summed E-state index contributed by atoms with van der Waals surface area (Å²) in [6.07, 6.45) is 4.12. The quantitative estimate of drug-likeness (QED) is 0.819. The van der Waals surface area contributed by atoms with Gasteiger partial charge in [-0.2, -0.15) is 4.98 Å². The Balaban J connectivity index is 1.31. The van der Waals surface area contributed by atoms with Gasteiger partial charge in [-0.3, -0.25) is 14.8 Å². The maximum atomic E-state index is 5.46. The summed E-state index contributed by atoms with van der Waals surface area (Å²) < 4.78 is 5.46. The molecule has 0 atom stereocenters. The molecule has 2 aliphatic rings. The molecular formula is C20H30N6O. The summed E-state index contributed by atoms with van der Waals surface area (Å²) in [5.74, 6) is 1.25. The van der Waals surface area contributed by atoms with Crippen molar-refractivity contribution in [2.45, 2.75) is 45.7 Å².